The Morgan fingerprint density at radius 2 is 1.79 bits per heavy atom. The van der Waals surface area contributed by atoms with Crippen molar-refractivity contribution in [3.05, 3.63) is 48.2 Å². The van der Waals surface area contributed by atoms with Gasteiger partial charge in [0.25, 0.3) is 0 Å². The van der Waals surface area contributed by atoms with Crippen LogP contribution >= 0.6 is 0 Å². The summed E-state index contributed by atoms with van der Waals surface area (Å²) in [5.41, 5.74) is -0.0853. The van der Waals surface area contributed by atoms with E-state index in [1.807, 2.05) is 0 Å². The number of hydrogen-bond acceptors (Lipinski definition) is 5. The third-order valence-electron chi connectivity index (χ3n) is 6.25. The summed E-state index contributed by atoms with van der Waals surface area (Å²) in [5, 5.41) is 3.05. The SMILES string of the molecule is COc1ccc(N2CC(C(=O)NC3CCC(Oc4ccc(C(F)(F)F)cn4)CC3)CC2=O)cc1. The predicted octanol–water partition coefficient (Wildman–Crippen LogP) is 3.97. The summed E-state index contributed by atoms with van der Waals surface area (Å²) in [5.74, 6) is 0.200. The fraction of sp³-hybridized carbons (Fsp3) is 0.458. The van der Waals surface area contributed by atoms with Gasteiger partial charge < -0.3 is 19.7 Å². The van der Waals surface area contributed by atoms with Gasteiger partial charge in [-0.05, 0) is 56.0 Å². The third kappa shape index (κ3) is 5.60. The molecule has 0 bridgehead atoms. The molecule has 1 aromatic carbocycles. The highest BCUT2D eigenvalue weighted by Crippen LogP contribution is 2.31. The second-order valence-corrected chi connectivity index (χ2v) is 8.59. The molecular formula is C24H26F3N3O4. The van der Waals surface area contributed by atoms with Gasteiger partial charge in [0.05, 0.1) is 18.6 Å². The normalized spacial score (nSPS) is 23.0. The maximum absolute atomic E-state index is 12.8. The van der Waals surface area contributed by atoms with Crippen LogP contribution in [0, 0.1) is 5.92 Å². The molecule has 4 rings (SSSR count). The number of aromatic nitrogens is 1. The Labute approximate surface area is 195 Å². The Kier molecular flexibility index (Phi) is 6.95. The van der Waals surface area contributed by atoms with Crippen LogP contribution in [0.25, 0.3) is 0 Å². The molecule has 1 saturated carbocycles. The molecule has 7 nitrogen and oxygen atoms in total. The fourth-order valence-corrected chi connectivity index (χ4v) is 4.33. The Morgan fingerprint density at radius 1 is 1.09 bits per heavy atom. The van der Waals surface area contributed by atoms with Gasteiger partial charge in [-0.15, -0.1) is 0 Å². The first kappa shape index (κ1) is 23.8. The van der Waals surface area contributed by atoms with Crippen molar-refractivity contribution in [2.45, 2.75) is 50.4 Å². The summed E-state index contributed by atoms with van der Waals surface area (Å²) in [4.78, 5) is 30.6. The van der Waals surface area contributed by atoms with Crippen molar-refractivity contribution in [3.63, 3.8) is 0 Å². The number of halogens is 3. The van der Waals surface area contributed by atoms with Crippen molar-refractivity contribution in [1.29, 1.82) is 0 Å². The van der Waals surface area contributed by atoms with E-state index in [1.165, 1.54) is 6.07 Å². The highest BCUT2D eigenvalue weighted by molar-refractivity contribution is 6.00. The largest absolute Gasteiger partial charge is 0.497 e. The van der Waals surface area contributed by atoms with E-state index in [-0.39, 0.29) is 36.3 Å². The van der Waals surface area contributed by atoms with Crippen molar-refractivity contribution in [2.24, 2.45) is 5.92 Å². The van der Waals surface area contributed by atoms with Crippen LogP contribution in [0.2, 0.25) is 0 Å². The maximum Gasteiger partial charge on any atom is 0.417 e. The number of ether oxygens (including phenoxy) is 2. The zero-order valence-electron chi connectivity index (χ0n) is 18.7. The molecule has 2 heterocycles. The smallest absolute Gasteiger partial charge is 0.417 e. The van der Waals surface area contributed by atoms with Gasteiger partial charge in [-0.25, -0.2) is 4.98 Å². The van der Waals surface area contributed by atoms with Crippen LogP contribution in [0.1, 0.15) is 37.7 Å². The first-order chi connectivity index (χ1) is 16.2. The van der Waals surface area contributed by atoms with Crippen LogP contribution in [-0.2, 0) is 15.8 Å². The van der Waals surface area contributed by atoms with Gasteiger partial charge in [-0.3, -0.25) is 9.59 Å². The summed E-state index contributed by atoms with van der Waals surface area (Å²) in [6.45, 7) is 0.328. The molecule has 1 atom stereocenters. The standard InChI is InChI=1S/C24H26F3N3O4/c1-33-19-9-5-18(6-10-19)30-14-15(12-22(30)31)23(32)29-17-3-7-20(8-4-17)34-21-11-2-16(13-28-21)24(25,26)27/h2,5-6,9-11,13,15,17,20H,3-4,7-8,12,14H2,1H3,(H,29,32). The molecule has 182 valence electrons. The maximum atomic E-state index is 12.8. The van der Waals surface area contributed by atoms with Crippen molar-refractivity contribution < 1.29 is 32.2 Å². The molecule has 1 aliphatic carbocycles. The fourth-order valence-electron chi connectivity index (χ4n) is 4.33. The number of pyridine rings is 1. The highest BCUT2D eigenvalue weighted by Gasteiger charge is 2.36. The second kappa shape index (κ2) is 9.90. The first-order valence-electron chi connectivity index (χ1n) is 11.2. The lowest BCUT2D eigenvalue weighted by molar-refractivity contribution is -0.137. The van der Waals surface area contributed by atoms with Crippen LogP contribution in [0.3, 0.4) is 0 Å². The molecule has 2 aliphatic rings. The number of anilines is 1. The molecular weight excluding hydrogens is 451 g/mol. The number of hydrogen-bond donors (Lipinski definition) is 1. The van der Waals surface area contributed by atoms with Crippen LogP contribution in [0.15, 0.2) is 42.6 Å². The Hall–Kier alpha value is -3.30. The van der Waals surface area contributed by atoms with E-state index in [0.29, 0.717) is 38.0 Å². The molecule has 1 aromatic heterocycles. The van der Waals surface area contributed by atoms with Crippen LogP contribution in [0.5, 0.6) is 11.6 Å². The number of nitrogens with zero attached hydrogens (tertiary/aromatic N) is 2. The number of benzene rings is 1. The predicted molar refractivity (Wildman–Crippen MR) is 118 cm³/mol. The molecule has 0 radical (unpaired) electrons. The Bertz CT molecular complexity index is 1000. The molecule has 1 N–H and O–H groups in total. The second-order valence-electron chi connectivity index (χ2n) is 8.59. The number of methoxy groups -OCH3 is 1. The third-order valence-corrected chi connectivity index (χ3v) is 6.25. The molecule has 1 saturated heterocycles. The van der Waals surface area contributed by atoms with Crippen LogP contribution < -0.4 is 19.7 Å². The Morgan fingerprint density at radius 3 is 2.38 bits per heavy atom. The summed E-state index contributed by atoms with van der Waals surface area (Å²) in [6.07, 6.45) is -1.02. The van der Waals surface area contributed by atoms with Gasteiger partial charge in [0.15, 0.2) is 0 Å². The molecule has 0 spiro atoms. The van der Waals surface area contributed by atoms with Crippen molar-refractivity contribution in [1.82, 2.24) is 10.3 Å². The van der Waals surface area contributed by atoms with Crippen LogP contribution in [-0.4, -0.2) is 42.6 Å². The highest BCUT2D eigenvalue weighted by atomic mass is 19.4. The van der Waals surface area contributed by atoms with Gasteiger partial charge in [-0.1, -0.05) is 0 Å². The van der Waals surface area contributed by atoms with E-state index >= 15 is 0 Å². The lowest BCUT2D eigenvalue weighted by atomic mass is 9.92. The minimum Gasteiger partial charge on any atom is -0.497 e. The number of nitrogens with one attached hydrogen (secondary N) is 1. The number of carbonyl (C=O) groups excluding carboxylic acids is 2. The first-order valence-corrected chi connectivity index (χ1v) is 11.2. The van der Waals surface area contributed by atoms with Crippen LogP contribution in [0.4, 0.5) is 18.9 Å². The van der Waals surface area contributed by atoms with Crippen molar-refractivity contribution >= 4 is 17.5 Å². The summed E-state index contributed by atoms with van der Waals surface area (Å²) >= 11 is 0. The molecule has 1 unspecified atom stereocenters. The molecule has 2 fully saturated rings. The monoisotopic (exact) mass is 477 g/mol. The van der Waals surface area contributed by atoms with E-state index in [4.69, 9.17) is 9.47 Å². The van der Waals surface area contributed by atoms with E-state index in [2.05, 4.69) is 10.3 Å². The minimum atomic E-state index is -4.43. The zero-order valence-corrected chi connectivity index (χ0v) is 18.7. The van der Waals surface area contributed by atoms with Crippen molar-refractivity contribution in [2.75, 3.05) is 18.6 Å². The van der Waals surface area contributed by atoms with Gasteiger partial charge in [0.1, 0.15) is 11.9 Å². The van der Waals surface area contributed by atoms with Crippen molar-refractivity contribution in [3.8, 4) is 11.6 Å². The topological polar surface area (TPSA) is 80.8 Å². The quantitative estimate of drug-likeness (QED) is 0.681. The lowest BCUT2D eigenvalue weighted by Crippen LogP contribution is -2.43. The molecule has 1 aliphatic heterocycles. The van der Waals surface area contributed by atoms with E-state index in [0.717, 1.165) is 18.0 Å². The van der Waals surface area contributed by atoms with Gasteiger partial charge in [-0.2, -0.15) is 13.2 Å². The van der Waals surface area contributed by atoms with E-state index in [1.54, 1.807) is 36.3 Å². The van der Waals surface area contributed by atoms with Gasteiger partial charge in [0, 0.05) is 37.0 Å². The number of rotatable bonds is 6. The lowest BCUT2D eigenvalue weighted by Gasteiger charge is -2.30. The molecule has 34 heavy (non-hydrogen) atoms. The average Bonchev–Trinajstić information content (AvgIpc) is 3.22. The van der Waals surface area contributed by atoms with E-state index < -0.39 is 17.7 Å². The average molecular weight is 477 g/mol. The summed E-state index contributed by atoms with van der Waals surface area (Å²) in [6, 6.07) is 9.29. The number of alkyl halides is 3. The zero-order chi connectivity index (χ0) is 24.3. The van der Waals surface area contributed by atoms with Gasteiger partial charge in [0.2, 0.25) is 17.7 Å². The molecule has 10 heteroatoms. The van der Waals surface area contributed by atoms with E-state index in [9.17, 15) is 22.8 Å². The Balaban J connectivity index is 1.24. The number of carbonyl (C=O) groups is 2. The minimum absolute atomic E-state index is 0.0296. The summed E-state index contributed by atoms with van der Waals surface area (Å²) in [7, 11) is 1.57. The molecule has 2 amide bonds. The molecule has 2 aromatic rings. The summed E-state index contributed by atoms with van der Waals surface area (Å²) < 4.78 is 48.8. The van der Waals surface area contributed by atoms with Gasteiger partial charge >= 0.3 is 6.18 Å². The number of amides is 2.